The first-order valence-electron chi connectivity index (χ1n) is 9.27. The molecular weight excluding hydrogens is 452 g/mol. The van der Waals surface area contributed by atoms with E-state index in [1.165, 1.54) is 49.5 Å². The van der Waals surface area contributed by atoms with Crippen molar-refractivity contribution >= 4 is 51.1 Å². The van der Waals surface area contributed by atoms with Crippen molar-refractivity contribution in [2.45, 2.75) is 50.5 Å². The Hall–Kier alpha value is -1.87. The lowest BCUT2D eigenvalue weighted by Crippen LogP contribution is -2.54. The van der Waals surface area contributed by atoms with E-state index in [-0.39, 0.29) is 17.3 Å². The average molecular weight is 483 g/mol. The number of aliphatic carboxylic acids is 2. The van der Waals surface area contributed by atoms with Crippen LogP contribution in [0.2, 0.25) is 0 Å². The Labute approximate surface area is 188 Å². The van der Waals surface area contributed by atoms with Crippen molar-refractivity contribution in [2.75, 3.05) is 25.6 Å². The Kier molecular flexibility index (Phi) is 14.1. The fourth-order valence-electron chi connectivity index (χ4n) is 2.20. The van der Waals surface area contributed by atoms with E-state index in [9.17, 15) is 29.1 Å². The molecule has 0 rings (SSSR count). The van der Waals surface area contributed by atoms with Crippen molar-refractivity contribution in [1.29, 1.82) is 0 Å². The number of carboxylic acids is 2. The van der Waals surface area contributed by atoms with Crippen molar-refractivity contribution in [2.24, 2.45) is 0 Å². The van der Waals surface area contributed by atoms with E-state index in [2.05, 4.69) is 21.3 Å². The fourth-order valence-corrected chi connectivity index (χ4v) is 4.69. The van der Waals surface area contributed by atoms with E-state index in [4.69, 9.17) is 10.2 Å². The summed E-state index contributed by atoms with van der Waals surface area (Å²) in [6.07, 6.45) is -1.71. The van der Waals surface area contributed by atoms with Crippen molar-refractivity contribution < 1.29 is 39.3 Å². The van der Waals surface area contributed by atoms with Crippen LogP contribution in [0.4, 0.5) is 0 Å². The highest BCUT2D eigenvalue weighted by Crippen LogP contribution is 2.23. The van der Waals surface area contributed by atoms with E-state index in [0.717, 1.165) is 0 Å². The molecule has 0 aromatic heterocycles. The van der Waals surface area contributed by atoms with Gasteiger partial charge in [-0.05, 0) is 27.9 Å². The molecule has 0 aromatic carbocycles. The number of nitrogens with one attached hydrogen (secondary N) is 4. The Morgan fingerprint density at radius 1 is 0.839 bits per heavy atom. The Bertz CT molecular complexity index is 650. The summed E-state index contributed by atoms with van der Waals surface area (Å²) in [4.78, 5) is 58.1. The quantitative estimate of drug-likeness (QED) is 0.0950. The smallest absolute Gasteiger partial charge is 0.328 e. The number of rotatable bonds is 16. The van der Waals surface area contributed by atoms with Crippen LogP contribution < -0.4 is 21.3 Å². The molecule has 31 heavy (non-hydrogen) atoms. The van der Waals surface area contributed by atoms with Gasteiger partial charge in [0.15, 0.2) is 11.8 Å². The number of amides is 2. The highest BCUT2D eigenvalue weighted by molar-refractivity contribution is 8.76. The summed E-state index contributed by atoms with van der Waals surface area (Å²) in [6.45, 7) is 2.55. The first-order chi connectivity index (χ1) is 14.4. The molecule has 0 aliphatic heterocycles. The standard InChI is InChI=1S/C17H30N4O8S2/c1-8(22)11(20-15(26)10(18-3)5-13(24)25)6-30-31-7-12(19-4)16(27)21-14(9(2)23)17(28)29/h9-12,14,18-19,23H,5-7H2,1-4H3,(H,20,26)(H,21,27)(H,24,25)(H,28,29)/t9-,10+,11+,12+,14+/m1/s1. The number of aliphatic hydroxyl groups is 1. The number of ketones is 1. The lowest BCUT2D eigenvalue weighted by molar-refractivity contribution is -0.145. The zero-order valence-corrected chi connectivity index (χ0v) is 19.3. The predicted molar refractivity (Wildman–Crippen MR) is 117 cm³/mol. The predicted octanol–water partition coefficient (Wildman–Crippen LogP) is -1.96. The molecule has 0 saturated heterocycles. The van der Waals surface area contributed by atoms with Crippen LogP contribution in [-0.2, 0) is 24.0 Å². The van der Waals surface area contributed by atoms with Crippen molar-refractivity contribution in [3.05, 3.63) is 0 Å². The molecule has 14 heteroatoms. The average Bonchev–Trinajstić information content (AvgIpc) is 2.67. The molecule has 0 aromatic rings. The molecule has 0 saturated carbocycles. The minimum Gasteiger partial charge on any atom is -0.481 e. The highest BCUT2D eigenvalue weighted by atomic mass is 33.1. The zero-order chi connectivity index (χ0) is 24.1. The molecule has 0 aliphatic carbocycles. The third-order valence-electron chi connectivity index (χ3n) is 4.11. The van der Waals surface area contributed by atoms with E-state index >= 15 is 0 Å². The molecule has 12 nitrogen and oxygen atoms in total. The van der Waals surface area contributed by atoms with Crippen LogP contribution in [0, 0.1) is 0 Å². The third kappa shape index (κ3) is 11.4. The molecule has 0 unspecified atom stereocenters. The lowest BCUT2D eigenvalue weighted by atomic mass is 10.1. The van der Waals surface area contributed by atoms with Crippen LogP contribution in [0.25, 0.3) is 0 Å². The number of Topliss-reactive ketones (excluding diaryl/α,β-unsaturated/α-hetero) is 1. The van der Waals surface area contributed by atoms with Crippen LogP contribution in [0.15, 0.2) is 0 Å². The van der Waals surface area contributed by atoms with Gasteiger partial charge in [0.2, 0.25) is 11.8 Å². The van der Waals surface area contributed by atoms with Gasteiger partial charge < -0.3 is 36.6 Å². The molecule has 178 valence electrons. The Morgan fingerprint density at radius 3 is 1.71 bits per heavy atom. The maximum atomic E-state index is 12.2. The van der Waals surface area contributed by atoms with Crippen LogP contribution in [-0.4, -0.2) is 101 Å². The van der Waals surface area contributed by atoms with E-state index < -0.39 is 60.4 Å². The topological polar surface area (TPSA) is 194 Å². The van der Waals surface area contributed by atoms with Gasteiger partial charge in [0, 0.05) is 11.5 Å². The van der Waals surface area contributed by atoms with Crippen molar-refractivity contribution in [1.82, 2.24) is 21.3 Å². The van der Waals surface area contributed by atoms with Gasteiger partial charge in [-0.25, -0.2) is 4.79 Å². The molecule has 0 fully saturated rings. The molecule has 0 bridgehead atoms. The highest BCUT2D eigenvalue weighted by Gasteiger charge is 2.28. The molecular formula is C17H30N4O8S2. The van der Waals surface area contributed by atoms with Crippen molar-refractivity contribution in [3.8, 4) is 0 Å². The number of hydrogen-bond donors (Lipinski definition) is 7. The van der Waals surface area contributed by atoms with Crippen LogP contribution in [0.3, 0.4) is 0 Å². The maximum absolute atomic E-state index is 12.2. The van der Waals surface area contributed by atoms with E-state index in [1.807, 2.05) is 0 Å². The van der Waals surface area contributed by atoms with Gasteiger partial charge in [-0.3, -0.25) is 19.2 Å². The zero-order valence-electron chi connectivity index (χ0n) is 17.7. The summed E-state index contributed by atoms with van der Waals surface area (Å²) in [6, 6.07) is -4.02. The lowest BCUT2D eigenvalue weighted by Gasteiger charge is -2.22. The monoisotopic (exact) mass is 482 g/mol. The second-order valence-corrected chi connectivity index (χ2v) is 9.14. The van der Waals surface area contributed by atoms with Gasteiger partial charge in [-0.2, -0.15) is 0 Å². The molecule has 2 amide bonds. The summed E-state index contributed by atoms with van der Waals surface area (Å²) in [7, 11) is 5.40. The van der Waals surface area contributed by atoms with Gasteiger partial charge in [0.1, 0.15) is 0 Å². The molecule has 7 N–H and O–H groups in total. The van der Waals surface area contributed by atoms with E-state index in [1.54, 1.807) is 0 Å². The minimum atomic E-state index is -1.44. The second-order valence-electron chi connectivity index (χ2n) is 6.59. The number of hydrogen-bond acceptors (Lipinski definition) is 10. The summed E-state index contributed by atoms with van der Waals surface area (Å²) in [5.41, 5.74) is 0. The van der Waals surface area contributed by atoms with Gasteiger partial charge in [0.25, 0.3) is 0 Å². The number of carboxylic acid groups (broad SMARTS) is 2. The molecule has 0 radical (unpaired) electrons. The van der Waals surface area contributed by atoms with Crippen LogP contribution >= 0.6 is 21.6 Å². The molecule has 5 atom stereocenters. The van der Waals surface area contributed by atoms with Gasteiger partial charge in [0.05, 0.1) is 30.7 Å². The first-order valence-corrected chi connectivity index (χ1v) is 11.8. The Balaban J connectivity index is 4.70. The van der Waals surface area contributed by atoms with Gasteiger partial charge in [-0.1, -0.05) is 21.6 Å². The number of carbonyl (C=O) groups excluding carboxylic acids is 3. The van der Waals surface area contributed by atoms with Gasteiger partial charge >= 0.3 is 11.9 Å². The Morgan fingerprint density at radius 2 is 1.32 bits per heavy atom. The van der Waals surface area contributed by atoms with Crippen LogP contribution in [0.5, 0.6) is 0 Å². The largest absolute Gasteiger partial charge is 0.481 e. The summed E-state index contributed by atoms with van der Waals surface area (Å²) < 4.78 is 0. The fraction of sp³-hybridized carbons (Fsp3) is 0.706. The number of aliphatic hydroxyl groups excluding tert-OH is 1. The molecule has 0 heterocycles. The molecule has 0 aliphatic rings. The van der Waals surface area contributed by atoms with Gasteiger partial charge in [-0.15, -0.1) is 0 Å². The number of likely N-dealkylation sites (N-methyl/N-ethyl adjacent to an activating group) is 2. The maximum Gasteiger partial charge on any atom is 0.328 e. The van der Waals surface area contributed by atoms with Crippen LogP contribution in [0.1, 0.15) is 20.3 Å². The summed E-state index contributed by atoms with van der Waals surface area (Å²) >= 11 is 0. The summed E-state index contributed by atoms with van der Waals surface area (Å²) in [5.74, 6) is -3.64. The molecule has 0 spiro atoms. The normalized spacial score (nSPS) is 15.8. The summed E-state index contributed by atoms with van der Waals surface area (Å²) in [5, 5.41) is 37.4. The third-order valence-corrected chi connectivity index (χ3v) is 6.54. The van der Waals surface area contributed by atoms with Crippen molar-refractivity contribution in [3.63, 3.8) is 0 Å². The SMILES string of the molecule is CN[C@@H](CC(=O)O)C(=O)N[C@@H](CSSC[C@H](NC)C(=O)N[C@H](C(=O)O)[C@@H](C)O)C(C)=O. The number of carbonyl (C=O) groups is 5. The second kappa shape index (κ2) is 15.0. The van der Waals surface area contributed by atoms with E-state index in [0.29, 0.717) is 0 Å². The minimum absolute atomic E-state index is 0.179. The first kappa shape index (κ1) is 29.1.